The van der Waals surface area contributed by atoms with E-state index >= 15 is 0 Å². The van der Waals surface area contributed by atoms with Crippen molar-refractivity contribution < 1.29 is 23.8 Å². The van der Waals surface area contributed by atoms with Crippen LogP contribution >= 0.6 is 0 Å². The highest BCUT2D eigenvalue weighted by Gasteiger charge is 2.31. The molecular formula is C27H28N2O5. The number of piperidine rings is 1. The van der Waals surface area contributed by atoms with Crippen LogP contribution in [0.2, 0.25) is 0 Å². The van der Waals surface area contributed by atoms with Crippen molar-refractivity contribution in [2.75, 3.05) is 26.5 Å². The van der Waals surface area contributed by atoms with E-state index < -0.39 is 0 Å². The molecule has 7 nitrogen and oxygen atoms in total. The minimum Gasteiger partial charge on any atom is -0.466 e. The smallest absolute Gasteiger partial charge is 0.309 e. The second-order valence-electron chi connectivity index (χ2n) is 8.59. The van der Waals surface area contributed by atoms with E-state index in [0.29, 0.717) is 43.9 Å². The topological polar surface area (TPSA) is 70.0 Å². The fourth-order valence-corrected chi connectivity index (χ4v) is 4.75. The number of nitrogens with zero attached hydrogens (tertiary/aromatic N) is 2. The van der Waals surface area contributed by atoms with E-state index in [9.17, 15) is 9.59 Å². The lowest BCUT2D eigenvalue weighted by atomic mass is 9.96. The van der Waals surface area contributed by atoms with E-state index in [-0.39, 0.29) is 24.6 Å². The van der Waals surface area contributed by atoms with E-state index in [2.05, 4.69) is 4.57 Å². The predicted molar refractivity (Wildman–Crippen MR) is 127 cm³/mol. The summed E-state index contributed by atoms with van der Waals surface area (Å²) in [6, 6.07) is 17.8. The highest BCUT2D eigenvalue weighted by molar-refractivity contribution is 5.97. The minimum absolute atomic E-state index is 0.0171. The molecule has 0 saturated carbocycles. The summed E-state index contributed by atoms with van der Waals surface area (Å²) >= 11 is 0. The number of benzene rings is 2. The summed E-state index contributed by atoms with van der Waals surface area (Å²) < 4.78 is 18.3. The number of fused-ring (bicyclic) bond motifs is 1. The van der Waals surface area contributed by atoms with Crippen LogP contribution in [0.3, 0.4) is 0 Å². The Morgan fingerprint density at radius 3 is 2.47 bits per heavy atom. The Morgan fingerprint density at radius 2 is 1.74 bits per heavy atom. The van der Waals surface area contributed by atoms with Gasteiger partial charge in [0.25, 0.3) is 5.91 Å². The first-order chi connectivity index (χ1) is 16.6. The van der Waals surface area contributed by atoms with Crippen LogP contribution in [0.4, 0.5) is 0 Å². The fourth-order valence-electron chi connectivity index (χ4n) is 4.75. The zero-order valence-electron chi connectivity index (χ0n) is 19.5. The molecule has 0 bridgehead atoms. The van der Waals surface area contributed by atoms with Gasteiger partial charge in [0.15, 0.2) is 11.5 Å². The monoisotopic (exact) mass is 460 g/mol. The van der Waals surface area contributed by atoms with Crippen molar-refractivity contribution in [3.8, 4) is 28.4 Å². The zero-order valence-corrected chi connectivity index (χ0v) is 19.5. The van der Waals surface area contributed by atoms with Gasteiger partial charge in [0.05, 0.1) is 23.8 Å². The average Bonchev–Trinajstić information content (AvgIpc) is 3.48. The summed E-state index contributed by atoms with van der Waals surface area (Å²) in [5.74, 6) is 1.10. The number of rotatable bonds is 5. The van der Waals surface area contributed by atoms with Crippen LogP contribution in [0.1, 0.15) is 35.8 Å². The number of esters is 1. The third-order valence-corrected chi connectivity index (χ3v) is 6.56. The number of carbonyl (C=O) groups excluding carboxylic acids is 2. The van der Waals surface area contributed by atoms with E-state index in [1.165, 1.54) is 0 Å². The fraction of sp³-hybridized carbons (Fsp3) is 0.333. The number of hydrogen-bond donors (Lipinski definition) is 0. The molecule has 3 aromatic rings. The first-order valence-electron chi connectivity index (χ1n) is 11.7. The molecule has 3 heterocycles. The molecule has 1 saturated heterocycles. The van der Waals surface area contributed by atoms with E-state index in [4.69, 9.17) is 14.2 Å². The van der Waals surface area contributed by atoms with Gasteiger partial charge < -0.3 is 23.7 Å². The Bertz CT molecular complexity index is 1210. The molecule has 0 radical (unpaired) electrons. The predicted octanol–water partition coefficient (Wildman–Crippen LogP) is 4.60. The van der Waals surface area contributed by atoms with Crippen LogP contribution in [0.15, 0.2) is 54.6 Å². The third kappa shape index (κ3) is 4.02. The van der Waals surface area contributed by atoms with Gasteiger partial charge in [-0.15, -0.1) is 0 Å². The molecule has 0 N–H and O–H groups in total. The number of amides is 1. The SMILES string of the molecule is CCOC(=O)C1CCN(C(=O)c2cc(-c3ccccc3)n(-c3ccc4c(c3)OCO4)c2C)CC1. The van der Waals surface area contributed by atoms with Gasteiger partial charge in [-0.1, -0.05) is 30.3 Å². The Labute approximate surface area is 198 Å². The van der Waals surface area contributed by atoms with Crippen molar-refractivity contribution in [3.05, 3.63) is 65.9 Å². The van der Waals surface area contributed by atoms with Gasteiger partial charge in [-0.3, -0.25) is 9.59 Å². The molecule has 176 valence electrons. The maximum Gasteiger partial charge on any atom is 0.309 e. The quantitative estimate of drug-likeness (QED) is 0.521. The number of carbonyl (C=O) groups is 2. The molecule has 1 amide bonds. The van der Waals surface area contributed by atoms with Crippen molar-refractivity contribution in [1.29, 1.82) is 0 Å². The Morgan fingerprint density at radius 1 is 1.00 bits per heavy atom. The molecule has 0 aliphatic carbocycles. The standard InChI is InChI=1S/C27H28N2O5/c1-3-32-27(31)20-11-13-28(14-12-20)26(30)22-16-23(19-7-5-4-6-8-19)29(18(22)2)21-9-10-24-25(15-21)34-17-33-24/h4-10,15-16,20H,3,11-14,17H2,1-2H3. The van der Waals surface area contributed by atoms with Gasteiger partial charge in [0.2, 0.25) is 6.79 Å². The summed E-state index contributed by atoms with van der Waals surface area (Å²) in [7, 11) is 0. The second-order valence-corrected chi connectivity index (χ2v) is 8.59. The van der Waals surface area contributed by atoms with Crippen LogP contribution in [-0.2, 0) is 9.53 Å². The molecule has 7 heteroatoms. The first kappa shape index (κ1) is 22.1. The van der Waals surface area contributed by atoms with Crippen LogP contribution in [0, 0.1) is 12.8 Å². The lowest BCUT2D eigenvalue weighted by molar-refractivity contribution is -0.149. The lowest BCUT2D eigenvalue weighted by Gasteiger charge is -2.31. The molecular weight excluding hydrogens is 432 g/mol. The summed E-state index contributed by atoms with van der Waals surface area (Å²) in [5, 5.41) is 0. The Kier molecular flexibility index (Phi) is 6.01. The summed E-state index contributed by atoms with van der Waals surface area (Å²) in [5.41, 5.74) is 4.37. The largest absolute Gasteiger partial charge is 0.466 e. The molecule has 2 aromatic carbocycles. The van der Waals surface area contributed by atoms with E-state index in [0.717, 1.165) is 28.4 Å². The number of aromatic nitrogens is 1. The number of ether oxygens (including phenoxy) is 3. The molecule has 0 spiro atoms. The Balaban J connectivity index is 1.48. The first-order valence-corrected chi connectivity index (χ1v) is 11.7. The van der Waals surface area contributed by atoms with Crippen molar-refractivity contribution in [2.24, 2.45) is 5.92 Å². The zero-order chi connectivity index (χ0) is 23.7. The van der Waals surface area contributed by atoms with Gasteiger partial charge in [0, 0.05) is 30.5 Å². The van der Waals surface area contributed by atoms with Gasteiger partial charge >= 0.3 is 5.97 Å². The van der Waals surface area contributed by atoms with Crippen molar-refractivity contribution in [2.45, 2.75) is 26.7 Å². The van der Waals surface area contributed by atoms with Gasteiger partial charge in [0.1, 0.15) is 0 Å². The maximum atomic E-state index is 13.6. The molecule has 1 fully saturated rings. The van der Waals surface area contributed by atoms with Crippen LogP contribution in [0.25, 0.3) is 16.9 Å². The van der Waals surface area contributed by atoms with E-state index in [1.807, 2.05) is 73.3 Å². The number of hydrogen-bond acceptors (Lipinski definition) is 5. The van der Waals surface area contributed by atoms with Crippen molar-refractivity contribution >= 4 is 11.9 Å². The molecule has 2 aliphatic rings. The van der Waals surface area contributed by atoms with Crippen molar-refractivity contribution in [1.82, 2.24) is 9.47 Å². The van der Waals surface area contributed by atoms with E-state index in [1.54, 1.807) is 0 Å². The highest BCUT2D eigenvalue weighted by atomic mass is 16.7. The molecule has 1 aromatic heterocycles. The summed E-state index contributed by atoms with van der Waals surface area (Å²) in [6.07, 6.45) is 1.25. The van der Waals surface area contributed by atoms with Crippen LogP contribution in [0.5, 0.6) is 11.5 Å². The van der Waals surface area contributed by atoms with Gasteiger partial charge in [-0.2, -0.15) is 0 Å². The van der Waals surface area contributed by atoms with Crippen molar-refractivity contribution in [3.63, 3.8) is 0 Å². The molecule has 0 unspecified atom stereocenters. The maximum absolute atomic E-state index is 13.6. The molecule has 5 rings (SSSR count). The van der Waals surface area contributed by atoms with Gasteiger partial charge in [-0.25, -0.2) is 0 Å². The Hall–Kier alpha value is -3.74. The highest BCUT2D eigenvalue weighted by Crippen LogP contribution is 2.37. The third-order valence-electron chi connectivity index (χ3n) is 6.56. The van der Waals surface area contributed by atoms with Gasteiger partial charge in [-0.05, 0) is 50.5 Å². The minimum atomic E-state index is -0.161. The molecule has 0 atom stereocenters. The molecule has 34 heavy (non-hydrogen) atoms. The lowest BCUT2D eigenvalue weighted by Crippen LogP contribution is -2.40. The summed E-state index contributed by atoms with van der Waals surface area (Å²) in [6.45, 7) is 5.45. The average molecular weight is 461 g/mol. The summed E-state index contributed by atoms with van der Waals surface area (Å²) in [4.78, 5) is 27.5. The number of likely N-dealkylation sites (tertiary alicyclic amines) is 1. The molecule has 2 aliphatic heterocycles. The van der Waals surface area contributed by atoms with Crippen LogP contribution in [-0.4, -0.2) is 47.8 Å². The normalized spacial score (nSPS) is 15.4. The van der Waals surface area contributed by atoms with Crippen LogP contribution < -0.4 is 9.47 Å². The second kappa shape index (κ2) is 9.25.